The van der Waals surface area contributed by atoms with E-state index in [1.54, 1.807) is 33.8 Å². The molecule has 0 aromatic carbocycles. The summed E-state index contributed by atoms with van der Waals surface area (Å²) in [5.41, 5.74) is 7.73. The number of methoxy groups -OCH3 is 2. The van der Waals surface area contributed by atoms with Gasteiger partial charge in [0.2, 0.25) is 11.8 Å². The lowest BCUT2D eigenvalue weighted by molar-refractivity contribution is -0.00886. The molecule has 23 heteroatoms. The Hall–Kier alpha value is -7.90. The van der Waals surface area contributed by atoms with Crippen LogP contribution in [-0.2, 0) is 13.1 Å². The summed E-state index contributed by atoms with van der Waals surface area (Å²) in [5.74, 6) is 1.71. The summed E-state index contributed by atoms with van der Waals surface area (Å²) in [6, 6.07) is 21.3. The highest BCUT2D eigenvalue weighted by molar-refractivity contribution is 9.10. The van der Waals surface area contributed by atoms with Crippen molar-refractivity contribution in [2.75, 3.05) is 81.3 Å². The largest absolute Gasteiger partial charge is 0.479 e. The predicted octanol–water partition coefficient (Wildman–Crippen LogP) is 7.49. The Labute approximate surface area is 500 Å². The number of pyridine rings is 6. The molecular formula is C62H67BrF2N16O4. The minimum Gasteiger partial charge on any atom is -0.479 e. The van der Waals surface area contributed by atoms with Gasteiger partial charge in [-0.3, -0.25) is 9.80 Å². The number of rotatable bonds is 13. The van der Waals surface area contributed by atoms with Gasteiger partial charge in [0.05, 0.1) is 71.9 Å². The number of nitrogens with zero attached hydrogens (tertiary/aromatic N) is 15. The van der Waals surface area contributed by atoms with Crippen LogP contribution in [0.25, 0.3) is 33.3 Å². The van der Waals surface area contributed by atoms with Gasteiger partial charge in [-0.05, 0) is 116 Å². The van der Waals surface area contributed by atoms with Gasteiger partial charge in [-0.25, -0.2) is 37.7 Å². The number of ether oxygens (including phenoxy) is 2. The number of fused-ring (bicyclic) bond motifs is 6. The summed E-state index contributed by atoms with van der Waals surface area (Å²) in [7, 11) is 2.83. The first-order valence-electron chi connectivity index (χ1n) is 28.6. The standard InChI is InChI=1S/C31H33FN8O2.C25H21BrFN7O.C6H13NO/c1-31(2,41)22-14-37(15-22)23-8-26(29-21(9-33)12-36-40(29)18-23)20-4-5-28(34-11-20)38-16-24-7-25(17-38)39(24)13-19-6-27(32)30(42-3)35-10-19;1-35-25-22(27)4-15(8-30-25)11-33-19-6-20(33)14-32(13-19)23-3-2-16(9-29-23)21-5-18(26)12-34-24(21)17(7-28)10-31-34;1-6(2,8)5-3-7-4-5/h4-6,8,10-12,18,22,24-25,41H,7,13-17H2,1-3H3;2-5,8-10,12,19-20H,6,11,13-14H2,1H3;5,7-8H,3-4H2,1-2H3. The number of nitriles is 2. The van der Waals surface area contributed by atoms with Gasteiger partial charge < -0.3 is 39.7 Å². The third kappa shape index (κ3) is 11.6. The van der Waals surface area contributed by atoms with Gasteiger partial charge in [0.15, 0.2) is 11.6 Å². The molecule has 8 aliphatic rings. The maximum atomic E-state index is 14.1. The van der Waals surface area contributed by atoms with Gasteiger partial charge in [-0.15, -0.1) is 0 Å². The molecule has 16 heterocycles. The van der Waals surface area contributed by atoms with Crippen LogP contribution in [0.2, 0.25) is 0 Å². The molecule has 8 aliphatic heterocycles. The smallest absolute Gasteiger partial charge is 0.250 e. The highest BCUT2D eigenvalue weighted by Crippen LogP contribution is 2.40. The van der Waals surface area contributed by atoms with Gasteiger partial charge in [0, 0.05) is 159 Å². The van der Waals surface area contributed by atoms with E-state index in [9.17, 15) is 29.5 Å². The van der Waals surface area contributed by atoms with Crippen LogP contribution >= 0.6 is 15.9 Å². The Balaban J connectivity index is 0.000000149. The Morgan fingerprint density at radius 2 is 1.06 bits per heavy atom. The minimum atomic E-state index is -0.722. The maximum absolute atomic E-state index is 14.1. The van der Waals surface area contributed by atoms with Gasteiger partial charge in [0.25, 0.3) is 0 Å². The molecule has 16 rings (SSSR count). The summed E-state index contributed by atoms with van der Waals surface area (Å²) in [6.45, 7) is 15.7. The molecule has 3 N–H and O–H groups in total. The lowest BCUT2D eigenvalue weighted by Crippen LogP contribution is -2.68. The molecule has 440 valence electrons. The molecule has 0 amide bonds. The zero-order chi connectivity index (χ0) is 59.5. The maximum Gasteiger partial charge on any atom is 0.250 e. The lowest BCUT2D eigenvalue weighted by Gasteiger charge is -2.56. The monoisotopic (exact) mass is 1220 g/mol. The third-order valence-corrected chi connectivity index (χ3v) is 18.2. The topological polar surface area (TPSA) is 221 Å². The summed E-state index contributed by atoms with van der Waals surface area (Å²) < 4.78 is 42.4. The van der Waals surface area contributed by atoms with E-state index in [1.165, 1.54) is 26.4 Å². The molecule has 0 saturated carbocycles. The van der Waals surface area contributed by atoms with E-state index < -0.39 is 22.8 Å². The van der Waals surface area contributed by atoms with Crippen LogP contribution in [0.3, 0.4) is 0 Å². The fraction of sp³-hybridized carbons (Fsp3) is 0.419. The van der Waals surface area contributed by atoms with Gasteiger partial charge in [-0.1, -0.05) is 0 Å². The zero-order valence-electron chi connectivity index (χ0n) is 48.2. The van der Waals surface area contributed by atoms with Crippen LogP contribution in [0.15, 0.2) is 103 Å². The normalized spacial score (nSPS) is 20.4. The zero-order valence-corrected chi connectivity index (χ0v) is 49.8. The van der Waals surface area contributed by atoms with E-state index in [-0.39, 0.29) is 17.7 Å². The molecule has 4 bridgehead atoms. The van der Waals surface area contributed by atoms with E-state index in [1.807, 2.05) is 76.7 Å². The molecule has 8 fully saturated rings. The molecule has 0 radical (unpaired) electrons. The average Bonchev–Trinajstić information content (AvgIpc) is 3.12. The second kappa shape index (κ2) is 23.2. The van der Waals surface area contributed by atoms with Crippen molar-refractivity contribution in [1.82, 2.24) is 54.3 Å². The van der Waals surface area contributed by atoms with Gasteiger partial charge >= 0.3 is 0 Å². The number of halogens is 3. The molecule has 20 nitrogen and oxygen atoms in total. The first-order chi connectivity index (χ1) is 40.8. The number of hydrogen-bond acceptors (Lipinski definition) is 18. The molecule has 8 aromatic heterocycles. The highest BCUT2D eigenvalue weighted by atomic mass is 79.9. The second-order valence-corrected chi connectivity index (χ2v) is 25.0. The third-order valence-electron chi connectivity index (χ3n) is 17.7. The number of aromatic nitrogens is 8. The number of piperazine rings is 2. The molecule has 4 atom stereocenters. The van der Waals surface area contributed by atoms with Crippen LogP contribution in [0.4, 0.5) is 26.1 Å². The van der Waals surface area contributed by atoms with E-state index >= 15 is 0 Å². The first-order valence-corrected chi connectivity index (χ1v) is 29.4. The average molecular weight is 1220 g/mol. The summed E-state index contributed by atoms with van der Waals surface area (Å²) >= 11 is 3.53. The molecule has 4 unspecified atom stereocenters. The van der Waals surface area contributed by atoms with Crippen LogP contribution in [0.1, 0.15) is 62.8 Å². The Bertz CT molecular complexity index is 3820. The van der Waals surface area contributed by atoms with Crippen molar-refractivity contribution < 1.29 is 28.5 Å². The molecule has 8 aromatic rings. The van der Waals surface area contributed by atoms with E-state index in [4.69, 9.17) is 19.4 Å². The van der Waals surface area contributed by atoms with Crippen molar-refractivity contribution in [2.45, 2.75) is 89.0 Å². The number of piperidine rings is 2. The molecule has 0 aliphatic carbocycles. The molecule has 85 heavy (non-hydrogen) atoms. The summed E-state index contributed by atoms with van der Waals surface area (Å²) in [4.78, 5) is 29.4. The van der Waals surface area contributed by atoms with Crippen LogP contribution in [0, 0.1) is 46.1 Å². The van der Waals surface area contributed by atoms with Crippen molar-refractivity contribution in [1.29, 1.82) is 10.5 Å². The van der Waals surface area contributed by atoms with Crippen molar-refractivity contribution in [3.05, 3.63) is 136 Å². The van der Waals surface area contributed by atoms with Gasteiger partial charge in [0.1, 0.15) is 23.8 Å². The van der Waals surface area contributed by atoms with Crippen molar-refractivity contribution >= 4 is 44.3 Å². The van der Waals surface area contributed by atoms with Crippen LogP contribution in [0.5, 0.6) is 11.8 Å². The van der Waals surface area contributed by atoms with E-state index in [0.717, 1.165) is 131 Å². The van der Waals surface area contributed by atoms with Crippen LogP contribution < -0.4 is 29.5 Å². The Morgan fingerprint density at radius 3 is 1.44 bits per heavy atom. The van der Waals surface area contributed by atoms with E-state index in [0.29, 0.717) is 54.3 Å². The highest BCUT2D eigenvalue weighted by Gasteiger charge is 2.46. The fourth-order valence-corrected chi connectivity index (χ4v) is 12.9. The Morgan fingerprint density at radius 1 is 0.600 bits per heavy atom. The summed E-state index contributed by atoms with van der Waals surface area (Å²) in [5, 5.41) is 50.8. The molecule has 0 spiro atoms. The van der Waals surface area contributed by atoms with E-state index in [2.05, 4.69) is 90.2 Å². The van der Waals surface area contributed by atoms with Crippen molar-refractivity contribution in [3.63, 3.8) is 0 Å². The molecular weight excluding hydrogens is 1150 g/mol. The quantitative estimate of drug-likeness (QED) is 0.102. The number of aliphatic hydroxyl groups is 2. The summed E-state index contributed by atoms with van der Waals surface area (Å²) in [6.07, 6.45) is 16.3. The number of anilines is 3. The number of hydrogen-bond donors (Lipinski definition) is 3. The van der Waals surface area contributed by atoms with Gasteiger partial charge in [-0.2, -0.15) is 20.7 Å². The van der Waals surface area contributed by atoms with Crippen molar-refractivity contribution in [2.24, 2.45) is 11.8 Å². The minimum absolute atomic E-state index is 0.0210. The SMILES string of the molecule is CC(C)(O)C1CNC1.COc1ncc(CN2C3CC2CN(c2ccc(-c4cc(Br)cn5ncc(C#N)c45)cn2)C3)cc1F.COc1ncc(CN2C3CC2CN(c2ccc(-c4cc(N5CC(C(C)(C)O)C5)cn5ncc(C#N)c45)cn2)C3)cc1F. The Kier molecular flexibility index (Phi) is 15.7. The first kappa shape index (κ1) is 57.5. The molecule has 8 saturated heterocycles. The second-order valence-electron chi connectivity index (χ2n) is 24.1. The predicted molar refractivity (Wildman–Crippen MR) is 320 cm³/mol. The van der Waals surface area contributed by atoms with Crippen molar-refractivity contribution in [3.8, 4) is 46.2 Å². The fourth-order valence-electron chi connectivity index (χ4n) is 12.5. The van der Waals surface area contributed by atoms with Crippen LogP contribution in [-0.4, -0.2) is 161 Å². The number of nitrogens with one attached hydrogen (secondary N) is 1. The lowest BCUT2D eigenvalue weighted by atomic mass is 9.84.